The van der Waals surface area contributed by atoms with Gasteiger partial charge in [-0.25, -0.2) is 9.37 Å². The first-order valence-electron chi connectivity index (χ1n) is 9.20. The number of rotatable bonds is 5. The molecule has 1 amide bonds. The van der Waals surface area contributed by atoms with Gasteiger partial charge >= 0.3 is 0 Å². The quantitative estimate of drug-likeness (QED) is 0.437. The average molecular weight is 486 g/mol. The largest absolute Gasteiger partial charge is 0.348 e. The van der Waals surface area contributed by atoms with Gasteiger partial charge < -0.3 is 5.32 Å². The van der Waals surface area contributed by atoms with Crippen molar-refractivity contribution in [2.45, 2.75) is 19.5 Å². The molecule has 0 saturated heterocycles. The number of hydrogen-bond donors (Lipinski definition) is 1. The van der Waals surface area contributed by atoms with E-state index in [2.05, 4.69) is 26.2 Å². The van der Waals surface area contributed by atoms with Crippen LogP contribution in [0.25, 0.3) is 21.3 Å². The highest BCUT2D eigenvalue weighted by Gasteiger charge is 2.16. The lowest BCUT2D eigenvalue weighted by molar-refractivity contribution is -0.122. The molecule has 2 aromatic carbocycles. The van der Waals surface area contributed by atoms with Crippen LogP contribution in [0.2, 0.25) is 0 Å². The molecule has 0 spiro atoms. The zero-order valence-corrected chi connectivity index (χ0v) is 18.3. The fourth-order valence-electron chi connectivity index (χ4n) is 3.20. The number of aromatic nitrogens is 2. The molecule has 4 rings (SSSR count). The number of amides is 1. The number of carbonyl (C=O) groups excluding carboxylic acids is 1. The minimum absolute atomic E-state index is 0.138. The van der Waals surface area contributed by atoms with Crippen LogP contribution in [-0.2, 0) is 11.3 Å². The van der Waals surface area contributed by atoms with E-state index in [4.69, 9.17) is 0 Å². The molecular weight excluding hydrogens is 469 g/mol. The van der Waals surface area contributed by atoms with Crippen LogP contribution >= 0.6 is 27.3 Å². The number of thiophene rings is 1. The number of hydrogen-bond acceptors (Lipinski definition) is 4. The van der Waals surface area contributed by atoms with Gasteiger partial charge in [0, 0.05) is 15.4 Å². The summed E-state index contributed by atoms with van der Waals surface area (Å²) in [6.07, 6.45) is 1.39. The third-order valence-electron chi connectivity index (χ3n) is 4.78. The molecule has 2 heterocycles. The molecule has 2 aromatic heterocycles. The lowest BCUT2D eigenvalue weighted by Crippen LogP contribution is -2.33. The smallest absolute Gasteiger partial charge is 0.263 e. The normalized spacial score (nSPS) is 12.1. The van der Waals surface area contributed by atoms with Gasteiger partial charge in [0.05, 0.1) is 17.8 Å². The first-order chi connectivity index (χ1) is 14.4. The molecule has 152 valence electrons. The second-order valence-electron chi connectivity index (χ2n) is 6.85. The van der Waals surface area contributed by atoms with Crippen molar-refractivity contribution in [1.29, 1.82) is 0 Å². The Morgan fingerprint density at radius 2 is 1.90 bits per heavy atom. The van der Waals surface area contributed by atoms with Crippen molar-refractivity contribution >= 4 is 43.4 Å². The van der Waals surface area contributed by atoms with Gasteiger partial charge in [0.2, 0.25) is 5.91 Å². The monoisotopic (exact) mass is 485 g/mol. The zero-order valence-electron chi connectivity index (χ0n) is 15.9. The van der Waals surface area contributed by atoms with Gasteiger partial charge in [0.1, 0.15) is 17.2 Å². The number of nitrogens with one attached hydrogen (secondary N) is 1. The molecule has 0 saturated carbocycles. The van der Waals surface area contributed by atoms with Crippen LogP contribution in [0.3, 0.4) is 0 Å². The Bertz CT molecular complexity index is 1270. The van der Waals surface area contributed by atoms with Crippen LogP contribution in [0.4, 0.5) is 4.39 Å². The standard InChI is InChI=1S/C22H17BrFN3O2S/c1-13(14-2-6-16(23)7-3-14)26-19(28)10-27-12-25-21-20(22(27)29)18(11-30-21)15-4-8-17(24)9-5-15/h2-9,11-13H,10H2,1H3,(H,26,28). The zero-order chi connectivity index (χ0) is 21.3. The van der Waals surface area contributed by atoms with Gasteiger partial charge in [-0.2, -0.15) is 0 Å². The first kappa shape index (κ1) is 20.4. The Labute approximate surface area is 184 Å². The highest BCUT2D eigenvalue weighted by atomic mass is 79.9. The van der Waals surface area contributed by atoms with Crippen molar-refractivity contribution in [2.75, 3.05) is 0 Å². The van der Waals surface area contributed by atoms with Crippen molar-refractivity contribution < 1.29 is 9.18 Å². The molecule has 8 heteroatoms. The maximum Gasteiger partial charge on any atom is 0.263 e. The van der Waals surface area contributed by atoms with E-state index >= 15 is 0 Å². The Balaban J connectivity index is 1.58. The molecule has 0 radical (unpaired) electrons. The van der Waals surface area contributed by atoms with E-state index in [0.717, 1.165) is 15.6 Å². The Morgan fingerprint density at radius 1 is 1.20 bits per heavy atom. The SMILES string of the molecule is CC(NC(=O)Cn1cnc2scc(-c3ccc(F)cc3)c2c1=O)c1ccc(Br)cc1. The molecule has 0 aliphatic heterocycles. The topological polar surface area (TPSA) is 64.0 Å². The summed E-state index contributed by atoms with van der Waals surface area (Å²) in [5.41, 5.74) is 2.08. The second-order valence-corrected chi connectivity index (χ2v) is 8.63. The summed E-state index contributed by atoms with van der Waals surface area (Å²) >= 11 is 4.73. The highest BCUT2D eigenvalue weighted by Crippen LogP contribution is 2.30. The molecule has 4 aromatic rings. The summed E-state index contributed by atoms with van der Waals surface area (Å²) in [5, 5.41) is 5.16. The molecule has 1 N–H and O–H groups in total. The summed E-state index contributed by atoms with van der Waals surface area (Å²) in [6, 6.07) is 13.4. The van der Waals surface area contributed by atoms with Crippen LogP contribution in [0.1, 0.15) is 18.5 Å². The number of nitrogens with zero attached hydrogens (tertiary/aromatic N) is 2. The number of benzene rings is 2. The lowest BCUT2D eigenvalue weighted by Gasteiger charge is -2.15. The van der Waals surface area contributed by atoms with Gasteiger partial charge in [-0.15, -0.1) is 11.3 Å². The van der Waals surface area contributed by atoms with Crippen molar-refractivity contribution in [2.24, 2.45) is 0 Å². The predicted molar refractivity (Wildman–Crippen MR) is 120 cm³/mol. The number of carbonyl (C=O) groups is 1. The average Bonchev–Trinajstić information content (AvgIpc) is 3.16. The summed E-state index contributed by atoms with van der Waals surface area (Å²) in [4.78, 5) is 30.5. The van der Waals surface area contributed by atoms with E-state index in [1.165, 1.54) is 34.4 Å². The lowest BCUT2D eigenvalue weighted by atomic mass is 10.1. The Kier molecular flexibility index (Phi) is 5.78. The van der Waals surface area contributed by atoms with E-state index in [1.54, 1.807) is 12.1 Å². The van der Waals surface area contributed by atoms with Gasteiger partial charge in [0.15, 0.2) is 0 Å². The summed E-state index contributed by atoms with van der Waals surface area (Å²) < 4.78 is 15.5. The van der Waals surface area contributed by atoms with E-state index in [9.17, 15) is 14.0 Å². The molecule has 1 unspecified atom stereocenters. The van der Waals surface area contributed by atoms with Gasteiger partial charge in [-0.05, 0) is 42.3 Å². The fourth-order valence-corrected chi connectivity index (χ4v) is 4.37. The summed E-state index contributed by atoms with van der Waals surface area (Å²) in [5.74, 6) is -0.627. The Morgan fingerprint density at radius 3 is 2.60 bits per heavy atom. The maximum absolute atomic E-state index is 13.3. The second kappa shape index (κ2) is 8.49. The third kappa shape index (κ3) is 4.20. The molecule has 0 fully saturated rings. The summed E-state index contributed by atoms with van der Waals surface area (Å²) in [7, 11) is 0. The first-order valence-corrected chi connectivity index (χ1v) is 10.9. The third-order valence-corrected chi connectivity index (χ3v) is 6.19. The molecule has 0 aliphatic rings. The van der Waals surface area contributed by atoms with Crippen LogP contribution in [0, 0.1) is 5.82 Å². The minimum atomic E-state index is -0.342. The van der Waals surface area contributed by atoms with Crippen molar-refractivity contribution in [1.82, 2.24) is 14.9 Å². The summed E-state index contributed by atoms with van der Waals surface area (Å²) in [6.45, 7) is 1.75. The van der Waals surface area contributed by atoms with Gasteiger partial charge in [-0.3, -0.25) is 14.2 Å². The van der Waals surface area contributed by atoms with Crippen LogP contribution < -0.4 is 10.9 Å². The molecule has 5 nitrogen and oxygen atoms in total. The Hall–Kier alpha value is -2.84. The van der Waals surface area contributed by atoms with E-state index in [0.29, 0.717) is 15.8 Å². The van der Waals surface area contributed by atoms with Crippen molar-refractivity contribution in [3.63, 3.8) is 0 Å². The molecular formula is C22H17BrFN3O2S. The van der Waals surface area contributed by atoms with Crippen LogP contribution in [-0.4, -0.2) is 15.5 Å². The maximum atomic E-state index is 13.3. The molecule has 0 aliphatic carbocycles. The number of fused-ring (bicyclic) bond motifs is 1. The predicted octanol–water partition coefficient (Wildman–Crippen LogP) is 4.90. The van der Waals surface area contributed by atoms with E-state index in [-0.39, 0.29) is 29.9 Å². The van der Waals surface area contributed by atoms with Gasteiger partial charge in [0.25, 0.3) is 5.56 Å². The highest BCUT2D eigenvalue weighted by molar-refractivity contribution is 9.10. The molecule has 1 atom stereocenters. The van der Waals surface area contributed by atoms with E-state index in [1.807, 2.05) is 36.6 Å². The van der Waals surface area contributed by atoms with Crippen molar-refractivity contribution in [3.05, 3.63) is 86.4 Å². The van der Waals surface area contributed by atoms with Crippen LogP contribution in [0.15, 0.2) is 69.5 Å². The van der Waals surface area contributed by atoms with Crippen molar-refractivity contribution in [3.8, 4) is 11.1 Å². The van der Waals surface area contributed by atoms with Crippen LogP contribution in [0.5, 0.6) is 0 Å². The molecule has 0 bridgehead atoms. The number of halogens is 2. The fraction of sp³-hybridized carbons (Fsp3) is 0.136. The molecule has 30 heavy (non-hydrogen) atoms. The van der Waals surface area contributed by atoms with Gasteiger partial charge in [-0.1, -0.05) is 40.2 Å². The van der Waals surface area contributed by atoms with E-state index < -0.39 is 0 Å². The minimum Gasteiger partial charge on any atom is -0.348 e.